The molecule has 1 amide bonds. The lowest BCUT2D eigenvalue weighted by atomic mass is 9.80. The van der Waals surface area contributed by atoms with E-state index in [9.17, 15) is 4.79 Å². The number of amidine groups is 1. The van der Waals surface area contributed by atoms with Crippen LogP contribution in [0.4, 0.5) is 0 Å². The number of hydrogen-bond acceptors (Lipinski definition) is 5. The maximum atomic E-state index is 12.3. The van der Waals surface area contributed by atoms with E-state index in [0.29, 0.717) is 19.4 Å². The largest absolute Gasteiger partial charge is 0.409 e. The fourth-order valence-electron chi connectivity index (χ4n) is 1.95. The Kier molecular flexibility index (Phi) is 5.29. The van der Waals surface area contributed by atoms with Gasteiger partial charge in [0.15, 0.2) is 5.84 Å². The summed E-state index contributed by atoms with van der Waals surface area (Å²) >= 11 is 1.49. The maximum Gasteiger partial charge on any atom is 0.234 e. The second kappa shape index (κ2) is 6.51. The van der Waals surface area contributed by atoms with Crippen molar-refractivity contribution in [2.24, 2.45) is 16.3 Å². The quantitative estimate of drug-likeness (QED) is 0.320. The summed E-state index contributed by atoms with van der Waals surface area (Å²) in [5.41, 5.74) is 5.65. The molecule has 106 valence electrons. The standard InChI is InChI=1S/C12H20N4O2S/c1-4-12(5-2,10(13)16-18)11(17)14-6-9-15-8(3)7-19-9/h7,18H,4-6H2,1-3H3,(H2,13,16)(H,14,17). The Morgan fingerprint density at radius 2 is 2.21 bits per heavy atom. The second-order valence-corrected chi connectivity index (χ2v) is 5.28. The van der Waals surface area contributed by atoms with E-state index >= 15 is 0 Å². The Morgan fingerprint density at radius 3 is 2.63 bits per heavy atom. The number of carbonyl (C=O) groups is 1. The summed E-state index contributed by atoms with van der Waals surface area (Å²) in [6, 6.07) is 0. The molecule has 0 fully saturated rings. The van der Waals surface area contributed by atoms with Gasteiger partial charge in [0.05, 0.1) is 6.54 Å². The molecule has 0 aliphatic carbocycles. The third-order valence-corrected chi connectivity index (χ3v) is 4.27. The number of nitrogens with two attached hydrogens (primary N) is 1. The third kappa shape index (κ3) is 3.23. The van der Waals surface area contributed by atoms with Crippen molar-refractivity contribution in [3.05, 3.63) is 16.1 Å². The maximum absolute atomic E-state index is 12.3. The van der Waals surface area contributed by atoms with Gasteiger partial charge >= 0.3 is 0 Å². The van der Waals surface area contributed by atoms with E-state index in [-0.39, 0.29) is 11.7 Å². The summed E-state index contributed by atoms with van der Waals surface area (Å²) in [7, 11) is 0. The summed E-state index contributed by atoms with van der Waals surface area (Å²) in [4.78, 5) is 16.6. The molecule has 0 aliphatic heterocycles. The van der Waals surface area contributed by atoms with Gasteiger partial charge in [-0.3, -0.25) is 4.79 Å². The molecule has 4 N–H and O–H groups in total. The Labute approximate surface area is 116 Å². The first kappa shape index (κ1) is 15.4. The highest BCUT2D eigenvalue weighted by Crippen LogP contribution is 2.27. The molecule has 0 saturated heterocycles. The van der Waals surface area contributed by atoms with Crippen molar-refractivity contribution >= 4 is 23.1 Å². The van der Waals surface area contributed by atoms with Crippen LogP contribution in [0, 0.1) is 12.3 Å². The monoisotopic (exact) mass is 284 g/mol. The van der Waals surface area contributed by atoms with Crippen LogP contribution in [0.3, 0.4) is 0 Å². The normalized spacial score (nSPS) is 12.5. The van der Waals surface area contributed by atoms with Crippen molar-refractivity contribution < 1.29 is 10.0 Å². The van der Waals surface area contributed by atoms with Gasteiger partial charge in [0.1, 0.15) is 10.4 Å². The van der Waals surface area contributed by atoms with E-state index in [1.807, 2.05) is 26.2 Å². The van der Waals surface area contributed by atoms with Crippen LogP contribution in [0.15, 0.2) is 10.5 Å². The van der Waals surface area contributed by atoms with E-state index in [2.05, 4.69) is 15.5 Å². The number of aromatic nitrogens is 1. The van der Waals surface area contributed by atoms with E-state index in [1.165, 1.54) is 11.3 Å². The Balaban J connectivity index is 2.78. The Bertz CT molecular complexity index is 466. The number of rotatable bonds is 6. The topological polar surface area (TPSA) is 101 Å². The van der Waals surface area contributed by atoms with Gasteiger partial charge < -0.3 is 16.3 Å². The second-order valence-electron chi connectivity index (χ2n) is 4.34. The van der Waals surface area contributed by atoms with Crippen molar-refractivity contribution in [1.82, 2.24) is 10.3 Å². The minimum atomic E-state index is -0.957. The molecular weight excluding hydrogens is 264 g/mol. The van der Waals surface area contributed by atoms with Gasteiger partial charge in [0, 0.05) is 11.1 Å². The van der Waals surface area contributed by atoms with Crippen molar-refractivity contribution in [2.75, 3.05) is 0 Å². The van der Waals surface area contributed by atoms with E-state index in [1.54, 1.807) is 0 Å². The number of nitrogens with one attached hydrogen (secondary N) is 1. The Hall–Kier alpha value is -1.63. The zero-order valence-corrected chi connectivity index (χ0v) is 12.3. The van der Waals surface area contributed by atoms with Gasteiger partial charge in [-0.2, -0.15) is 0 Å². The average Bonchev–Trinajstić information content (AvgIpc) is 2.83. The first-order valence-electron chi connectivity index (χ1n) is 6.17. The molecule has 0 aliphatic rings. The molecule has 0 saturated carbocycles. The van der Waals surface area contributed by atoms with Crippen LogP contribution in [0.2, 0.25) is 0 Å². The lowest BCUT2D eigenvalue weighted by molar-refractivity contribution is -0.128. The summed E-state index contributed by atoms with van der Waals surface area (Å²) in [5, 5.41) is 17.4. The molecule has 19 heavy (non-hydrogen) atoms. The number of thiazole rings is 1. The summed E-state index contributed by atoms with van der Waals surface area (Å²) in [5.74, 6) is -0.286. The van der Waals surface area contributed by atoms with Gasteiger partial charge in [-0.25, -0.2) is 4.98 Å². The van der Waals surface area contributed by atoms with Gasteiger partial charge in [0.2, 0.25) is 5.91 Å². The lowest BCUT2D eigenvalue weighted by Gasteiger charge is -2.28. The SMILES string of the molecule is CCC(CC)(C(=O)NCc1nc(C)cs1)C(N)=NO. The van der Waals surface area contributed by atoms with Gasteiger partial charge in [0.25, 0.3) is 0 Å². The highest BCUT2D eigenvalue weighted by atomic mass is 32.1. The highest BCUT2D eigenvalue weighted by molar-refractivity contribution is 7.09. The predicted molar refractivity (Wildman–Crippen MR) is 75.1 cm³/mol. The minimum Gasteiger partial charge on any atom is -0.409 e. The van der Waals surface area contributed by atoms with Crippen molar-refractivity contribution in [3.63, 3.8) is 0 Å². The fourth-order valence-corrected chi connectivity index (χ4v) is 2.67. The van der Waals surface area contributed by atoms with Crippen molar-refractivity contribution in [2.45, 2.75) is 40.2 Å². The molecule has 1 heterocycles. The summed E-state index contributed by atoms with van der Waals surface area (Å²) < 4.78 is 0. The van der Waals surface area contributed by atoms with E-state index in [0.717, 1.165) is 10.7 Å². The fraction of sp³-hybridized carbons (Fsp3) is 0.583. The zero-order chi connectivity index (χ0) is 14.5. The minimum absolute atomic E-state index is 0.0506. The first-order chi connectivity index (χ1) is 9.00. The zero-order valence-electron chi connectivity index (χ0n) is 11.4. The lowest BCUT2D eigenvalue weighted by Crippen LogP contribution is -2.49. The molecule has 0 bridgehead atoms. The molecule has 0 radical (unpaired) electrons. The highest BCUT2D eigenvalue weighted by Gasteiger charge is 2.39. The average molecular weight is 284 g/mol. The molecule has 1 aromatic heterocycles. The molecule has 6 nitrogen and oxygen atoms in total. The number of nitrogens with zero attached hydrogens (tertiary/aromatic N) is 2. The van der Waals surface area contributed by atoms with Crippen LogP contribution in [0.1, 0.15) is 37.4 Å². The predicted octanol–water partition coefficient (Wildman–Crippen LogP) is 1.62. The van der Waals surface area contributed by atoms with Gasteiger partial charge in [-0.1, -0.05) is 19.0 Å². The summed E-state index contributed by atoms with van der Waals surface area (Å²) in [6.45, 7) is 5.95. The number of aryl methyl sites for hydroxylation is 1. The first-order valence-corrected chi connectivity index (χ1v) is 7.05. The molecule has 1 aromatic rings. The van der Waals surface area contributed by atoms with Crippen LogP contribution in [-0.4, -0.2) is 21.9 Å². The number of oxime groups is 1. The third-order valence-electron chi connectivity index (χ3n) is 3.31. The van der Waals surface area contributed by atoms with Gasteiger partial charge in [-0.05, 0) is 19.8 Å². The van der Waals surface area contributed by atoms with Crippen molar-refractivity contribution in [3.8, 4) is 0 Å². The van der Waals surface area contributed by atoms with Crippen LogP contribution in [0.25, 0.3) is 0 Å². The van der Waals surface area contributed by atoms with Crippen LogP contribution in [-0.2, 0) is 11.3 Å². The van der Waals surface area contributed by atoms with Gasteiger partial charge in [-0.15, -0.1) is 11.3 Å². The van der Waals surface area contributed by atoms with Crippen LogP contribution in [0.5, 0.6) is 0 Å². The molecule has 0 unspecified atom stereocenters. The molecule has 0 aromatic carbocycles. The number of carbonyl (C=O) groups excluding carboxylic acids is 1. The van der Waals surface area contributed by atoms with Crippen LogP contribution >= 0.6 is 11.3 Å². The molecule has 7 heteroatoms. The van der Waals surface area contributed by atoms with Crippen LogP contribution < -0.4 is 11.1 Å². The molecule has 0 spiro atoms. The number of amides is 1. The number of hydrogen-bond donors (Lipinski definition) is 3. The summed E-state index contributed by atoms with van der Waals surface area (Å²) in [6.07, 6.45) is 0.949. The molecule has 0 atom stereocenters. The molecular formula is C12H20N4O2S. The van der Waals surface area contributed by atoms with E-state index < -0.39 is 5.41 Å². The molecule has 1 rings (SSSR count). The van der Waals surface area contributed by atoms with Crippen molar-refractivity contribution in [1.29, 1.82) is 0 Å². The Morgan fingerprint density at radius 1 is 1.58 bits per heavy atom. The smallest absolute Gasteiger partial charge is 0.234 e. The van der Waals surface area contributed by atoms with E-state index in [4.69, 9.17) is 10.9 Å².